The lowest BCUT2D eigenvalue weighted by molar-refractivity contribution is 0.830. The van der Waals surface area contributed by atoms with E-state index in [4.69, 9.17) is 0 Å². The van der Waals surface area contributed by atoms with Crippen molar-refractivity contribution in [3.05, 3.63) is 24.8 Å². The van der Waals surface area contributed by atoms with Gasteiger partial charge in [-0.1, -0.05) is 6.08 Å². The average Bonchev–Trinajstić information content (AvgIpc) is 2.18. The molecule has 0 aliphatic rings. The standard InChI is InChI=1S/C6H9N3/c1-3-4-6-8-7-5-9(6)2/h3,5H,1,4H2,2H3. The second kappa shape index (κ2) is 2.44. The predicted octanol–water partition coefficient (Wildman–Crippen LogP) is 0.544. The van der Waals surface area contributed by atoms with Gasteiger partial charge in [-0.05, 0) is 0 Å². The zero-order valence-corrected chi connectivity index (χ0v) is 5.41. The first kappa shape index (κ1) is 6.01. The third kappa shape index (κ3) is 1.16. The summed E-state index contributed by atoms with van der Waals surface area (Å²) < 4.78 is 1.88. The van der Waals surface area contributed by atoms with Crippen molar-refractivity contribution in [1.82, 2.24) is 14.8 Å². The summed E-state index contributed by atoms with van der Waals surface area (Å²) in [4.78, 5) is 0. The second-order valence-electron chi connectivity index (χ2n) is 1.85. The fourth-order valence-corrected chi connectivity index (χ4v) is 0.621. The van der Waals surface area contributed by atoms with E-state index < -0.39 is 0 Å². The van der Waals surface area contributed by atoms with Gasteiger partial charge in [0, 0.05) is 13.5 Å². The molecule has 1 aromatic rings. The summed E-state index contributed by atoms with van der Waals surface area (Å²) in [6.45, 7) is 3.60. The Bertz CT molecular complexity index is 202. The third-order valence-corrected chi connectivity index (χ3v) is 1.13. The Hall–Kier alpha value is -1.12. The minimum Gasteiger partial charge on any atom is -0.320 e. The van der Waals surface area contributed by atoms with Gasteiger partial charge >= 0.3 is 0 Å². The number of nitrogens with zero attached hydrogens (tertiary/aromatic N) is 3. The van der Waals surface area contributed by atoms with Crippen molar-refractivity contribution >= 4 is 0 Å². The molecule has 0 aliphatic heterocycles. The van der Waals surface area contributed by atoms with Crippen LogP contribution in [0.15, 0.2) is 19.0 Å². The first-order valence-corrected chi connectivity index (χ1v) is 2.78. The van der Waals surface area contributed by atoms with Gasteiger partial charge in [0.05, 0.1) is 0 Å². The number of allylic oxidation sites excluding steroid dienone is 1. The highest BCUT2D eigenvalue weighted by Crippen LogP contribution is 1.91. The molecule has 0 amide bonds. The van der Waals surface area contributed by atoms with E-state index in [0.29, 0.717) is 0 Å². The van der Waals surface area contributed by atoms with Gasteiger partial charge in [0.15, 0.2) is 0 Å². The highest BCUT2D eigenvalue weighted by Gasteiger charge is 1.93. The molecule has 48 valence electrons. The van der Waals surface area contributed by atoms with Crippen LogP contribution in [0.1, 0.15) is 5.82 Å². The number of rotatable bonds is 2. The summed E-state index contributed by atoms with van der Waals surface area (Å²) in [6.07, 6.45) is 4.28. The van der Waals surface area contributed by atoms with Gasteiger partial charge in [-0.15, -0.1) is 16.8 Å². The van der Waals surface area contributed by atoms with E-state index in [1.54, 1.807) is 6.33 Å². The molecule has 3 nitrogen and oxygen atoms in total. The van der Waals surface area contributed by atoms with E-state index in [1.807, 2.05) is 17.7 Å². The minimum atomic E-state index is 0.788. The molecule has 0 aliphatic carbocycles. The molecule has 1 heterocycles. The summed E-state index contributed by atoms with van der Waals surface area (Å²) in [7, 11) is 1.92. The molecule has 0 fully saturated rings. The third-order valence-electron chi connectivity index (χ3n) is 1.13. The van der Waals surface area contributed by atoms with Crippen LogP contribution in [0.5, 0.6) is 0 Å². The van der Waals surface area contributed by atoms with E-state index in [0.717, 1.165) is 12.2 Å². The van der Waals surface area contributed by atoms with E-state index in [1.165, 1.54) is 0 Å². The summed E-state index contributed by atoms with van der Waals surface area (Å²) in [5.74, 6) is 0.949. The van der Waals surface area contributed by atoms with Crippen LogP contribution >= 0.6 is 0 Å². The molecular formula is C6H9N3. The van der Waals surface area contributed by atoms with Crippen molar-refractivity contribution in [3.8, 4) is 0 Å². The Balaban J connectivity index is 2.80. The van der Waals surface area contributed by atoms with Crippen molar-refractivity contribution in [2.75, 3.05) is 0 Å². The smallest absolute Gasteiger partial charge is 0.136 e. The van der Waals surface area contributed by atoms with Crippen LogP contribution in [0.2, 0.25) is 0 Å². The molecule has 0 N–H and O–H groups in total. The number of aryl methyl sites for hydroxylation is 1. The van der Waals surface area contributed by atoms with Crippen LogP contribution in [0, 0.1) is 0 Å². The fourth-order valence-electron chi connectivity index (χ4n) is 0.621. The van der Waals surface area contributed by atoms with Crippen LogP contribution in [0.4, 0.5) is 0 Å². The van der Waals surface area contributed by atoms with Gasteiger partial charge < -0.3 is 4.57 Å². The molecule has 0 spiro atoms. The number of hydrogen-bond acceptors (Lipinski definition) is 2. The molecule has 1 aromatic heterocycles. The van der Waals surface area contributed by atoms with Crippen molar-refractivity contribution < 1.29 is 0 Å². The maximum absolute atomic E-state index is 3.85. The molecule has 0 atom stereocenters. The fraction of sp³-hybridized carbons (Fsp3) is 0.333. The molecule has 0 saturated carbocycles. The van der Waals surface area contributed by atoms with Gasteiger partial charge in [0.2, 0.25) is 0 Å². The van der Waals surface area contributed by atoms with E-state index in [-0.39, 0.29) is 0 Å². The Kier molecular flexibility index (Phi) is 1.63. The average molecular weight is 123 g/mol. The van der Waals surface area contributed by atoms with E-state index in [9.17, 15) is 0 Å². The molecule has 0 saturated heterocycles. The highest BCUT2D eigenvalue weighted by atomic mass is 15.2. The Morgan fingerprint density at radius 2 is 2.67 bits per heavy atom. The summed E-state index contributed by atoms with van der Waals surface area (Å²) in [5, 5.41) is 7.55. The van der Waals surface area contributed by atoms with Crippen LogP contribution in [0.25, 0.3) is 0 Å². The lowest BCUT2D eigenvalue weighted by atomic mass is 10.4. The van der Waals surface area contributed by atoms with Crippen LogP contribution in [0.3, 0.4) is 0 Å². The lowest BCUT2D eigenvalue weighted by Crippen LogP contribution is -1.93. The first-order chi connectivity index (χ1) is 4.34. The van der Waals surface area contributed by atoms with Crippen LogP contribution < -0.4 is 0 Å². The number of aromatic nitrogens is 3. The van der Waals surface area contributed by atoms with Gasteiger partial charge in [-0.25, -0.2) is 0 Å². The van der Waals surface area contributed by atoms with Gasteiger partial charge in [-0.2, -0.15) is 0 Å². The number of hydrogen-bond donors (Lipinski definition) is 0. The Morgan fingerprint density at radius 1 is 1.89 bits per heavy atom. The van der Waals surface area contributed by atoms with E-state index >= 15 is 0 Å². The molecule has 0 bridgehead atoms. The second-order valence-corrected chi connectivity index (χ2v) is 1.85. The van der Waals surface area contributed by atoms with Crippen molar-refractivity contribution in [2.45, 2.75) is 6.42 Å². The molecule has 9 heavy (non-hydrogen) atoms. The van der Waals surface area contributed by atoms with Crippen molar-refractivity contribution in [3.63, 3.8) is 0 Å². The highest BCUT2D eigenvalue weighted by molar-refractivity contribution is 4.91. The quantitative estimate of drug-likeness (QED) is 0.537. The minimum absolute atomic E-state index is 0.788. The van der Waals surface area contributed by atoms with Crippen molar-refractivity contribution in [1.29, 1.82) is 0 Å². The van der Waals surface area contributed by atoms with Crippen molar-refractivity contribution in [2.24, 2.45) is 7.05 Å². The normalized spacial score (nSPS) is 9.44. The van der Waals surface area contributed by atoms with Gasteiger partial charge in [0.1, 0.15) is 12.2 Å². The predicted molar refractivity (Wildman–Crippen MR) is 34.9 cm³/mol. The Morgan fingerprint density at radius 3 is 3.11 bits per heavy atom. The lowest BCUT2D eigenvalue weighted by Gasteiger charge is -1.91. The monoisotopic (exact) mass is 123 g/mol. The topological polar surface area (TPSA) is 30.7 Å². The molecule has 0 radical (unpaired) electrons. The van der Waals surface area contributed by atoms with Crippen LogP contribution in [-0.4, -0.2) is 14.8 Å². The Labute approximate surface area is 54.0 Å². The van der Waals surface area contributed by atoms with E-state index in [2.05, 4.69) is 16.8 Å². The zero-order chi connectivity index (χ0) is 6.69. The van der Waals surface area contributed by atoms with Gasteiger partial charge in [0.25, 0.3) is 0 Å². The first-order valence-electron chi connectivity index (χ1n) is 2.78. The zero-order valence-electron chi connectivity index (χ0n) is 5.41. The molecule has 0 unspecified atom stereocenters. The molecular weight excluding hydrogens is 114 g/mol. The van der Waals surface area contributed by atoms with Crippen LogP contribution in [-0.2, 0) is 13.5 Å². The SMILES string of the molecule is C=CCc1nncn1C. The molecule has 0 aromatic carbocycles. The summed E-state index contributed by atoms with van der Waals surface area (Å²) in [5.41, 5.74) is 0. The summed E-state index contributed by atoms with van der Waals surface area (Å²) >= 11 is 0. The molecule has 3 heteroatoms. The van der Waals surface area contributed by atoms with Gasteiger partial charge in [-0.3, -0.25) is 0 Å². The molecule has 1 rings (SSSR count). The summed E-state index contributed by atoms with van der Waals surface area (Å²) in [6, 6.07) is 0. The maximum Gasteiger partial charge on any atom is 0.136 e. The largest absolute Gasteiger partial charge is 0.320 e. The maximum atomic E-state index is 3.85.